The van der Waals surface area contributed by atoms with Crippen LogP contribution in [0.25, 0.3) is 10.2 Å². The van der Waals surface area contributed by atoms with Crippen LogP contribution in [0.3, 0.4) is 0 Å². The minimum Gasteiger partial charge on any atom is -0.379 e. The number of aromatic nitrogens is 1. The van der Waals surface area contributed by atoms with Crippen molar-refractivity contribution in [3.05, 3.63) is 43.6 Å². The average Bonchev–Trinajstić information content (AvgIpc) is 3.25. The Labute approximate surface area is 187 Å². The van der Waals surface area contributed by atoms with Gasteiger partial charge in [0.25, 0.3) is 5.91 Å². The Bertz CT molecular complexity index is 1040. The van der Waals surface area contributed by atoms with Gasteiger partial charge in [-0.15, -0.1) is 11.3 Å². The lowest BCUT2D eigenvalue weighted by atomic mass is 10.1. The first-order valence-electron chi connectivity index (χ1n) is 9.37. The summed E-state index contributed by atoms with van der Waals surface area (Å²) in [5, 5.41) is 0.686. The highest BCUT2D eigenvalue weighted by atomic mass is 35.5. The van der Waals surface area contributed by atoms with Crippen LogP contribution in [0.15, 0.2) is 18.2 Å². The van der Waals surface area contributed by atoms with Gasteiger partial charge in [0.2, 0.25) is 0 Å². The Kier molecular flexibility index (Phi) is 6.44. The van der Waals surface area contributed by atoms with E-state index >= 15 is 0 Å². The van der Waals surface area contributed by atoms with Crippen LogP contribution >= 0.6 is 45.9 Å². The maximum atomic E-state index is 13.4. The summed E-state index contributed by atoms with van der Waals surface area (Å²) >= 11 is 15.1. The van der Waals surface area contributed by atoms with Crippen LogP contribution in [-0.2, 0) is 4.74 Å². The summed E-state index contributed by atoms with van der Waals surface area (Å²) in [6.45, 7) is 8.58. The van der Waals surface area contributed by atoms with Crippen molar-refractivity contribution in [1.29, 1.82) is 0 Å². The maximum Gasteiger partial charge on any atom is 0.262 e. The normalized spacial score (nSPS) is 15.2. The highest BCUT2D eigenvalue weighted by Gasteiger charge is 2.26. The molecule has 0 aliphatic carbocycles. The average molecular weight is 470 g/mol. The van der Waals surface area contributed by atoms with Crippen molar-refractivity contribution in [2.75, 3.05) is 44.3 Å². The van der Waals surface area contributed by atoms with E-state index in [4.69, 9.17) is 32.9 Å². The van der Waals surface area contributed by atoms with E-state index in [2.05, 4.69) is 30.9 Å². The summed E-state index contributed by atoms with van der Waals surface area (Å²) < 4.78 is 7.44. The number of benzene rings is 1. The smallest absolute Gasteiger partial charge is 0.262 e. The third-order valence-electron chi connectivity index (χ3n) is 4.92. The fourth-order valence-corrected chi connectivity index (χ4v) is 5.95. The summed E-state index contributed by atoms with van der Waals surface area (Å²) in [4.78, 5) is 22.2. The lowest BCUT2D eigenvalue weighted by Crippen LogP contribution is -2.43. The number of rotatable bonds is 5. The third kappa shape index (κ3) is 4.60. The van der Waals surface area contributed by atoms with Crippen LogP contribution in [0.2, 0.25) is 8.67 Å². The molecule has 0 radical (unpaired) electrons. The molecule has 1 saturated heterocycles. The molecule has 0 unspecified atom stereocenters. The molecule has 0 bridgehead atoms. The van der Waals surface area contributed by atoms with Crippen molar-refractivity contribution in [2.45, 2.75) is 13.8 Å². The van der Waals surface area contributed by atoms with Gasteiger partial charge >= 0.3 is 0 Å². The van der Waals surface area contributed by atoms with Gasteiger partial charge < -0.3 is 4.74 Å². The molecule has 0 N–H and O–H groups in total. The quantitative estimate of drug-likeness (QED) is 0.510. The number of carbonyl (C=O) groups is 1. The van der Waals surface area contributed by atoms with Gasteiger partial charge in [-0.25, -0.2) is 4.98 Å². The standard InChI is InChI=1S/C20H21Cl2N3O2S2/c1-12-9-13(2)17-15(10-12)23-20(29-17)25(4-3-24-5-7-27-8-6-24)19(26)14-11-16(21)28-18(14)22/h9-11H,3-8H2,1-2H3. The SMILES string of the molecule is Cc1cc(C)c2sc(N(CCN3CCOCC3)C(=O)c3cc(Cl)sc3Cl)nc2c1. The van der Waals surface area contributed by atoms with Crippen molar-refractivity contribution >= 4 is 67.1 Å². The highest BCUT2D eigenvalue weighted by Crippen LogP contribution is 2.36. The number of carbonyl (C=O) groups excluding carboxylic acids is 1. The van der Waals surface area contributed by atoms with E-state index in [-0.39, 0.29) is 5.91 Å². The number of anilines is 1. The minimum atomic E-state index is -0.167. The van der Waals surface area contributed by atoms with Crippen molar-refractivity contribution in [2.24, 2.45) is 0 Å². The molecule has 3 heterocycles. The first kappa shape index (κ1) is 21.0. The topological polar surface area (TPSA) is 45.7 Å². The Balaban J connectivity index is 1.68. The molecule has 1 aromatic carbocycles. The Morgan fingerprint density at radius 2 is 1.97 bits per heavy atom. The van der Waals surface area contributed by atoms with E-state index in [1.807, 2.05) is 0 Å². The zero-order valence-corrected chi connectivity index (χ0v) is 19.4. The number of hydrogen-bond acceptors (Lipinski definition) is 6. The summed E-state index contributed by atoms with van der Waals surface area (Å²) in [7, 11) is 0. The number of thiophene rings is 1. The largest absolute Gasteiger partial charge is 0.379 e. The van der Waals surface area contributed by atoms with Crippen molar-refractivity contribution in [3.8, 4) is 0 Å². The van der Waals surface area contributed by atoms with E-state index in [1.165, 1.54) is 16.9 Å². The number of fused-ring (bicyclic) bond motifs is 1. The molecule has 154 valence electrons. The minimum absolute atomic E-state index is 0.167. The molecule has 3 aromatic rings. The molecule has 9 heteroatoms. The lowest BCUT2D eigenvalue weighted by molar-refractivity contribution is 0.0391. The molecule has 0 spiro atoms. The van der Waals surface area contributed by atoms with Gasteiger partial charge in [0, 0.05) is 26.2 Å². The number of amides is 1. The second kappa shape index (κ2) is 8.88. The molecular formula is C20H21Cl2N3O2S2. The molecule has 1 aliphatic heterocycles. The number of nitrogens with zero attached hydrogens (tertiary/aromatic N) is 3. The van der Waals surface area contributed by atoms with Gasteiger partial charge in [0.1, 0.15) is 4.34 Å². The number of hydrogen-bond donors (Lipinski definition) is 0. The van der Waals surface area contributed by atoms with Crippen LogP contribution in [0.5, 0.6) is 0 Å². The Hall–Kier alpha value is -1.22. The number of halogens is 2. The molecule has 29 heavy (non-hydrogen) atoms. The first-order chi connectivity index (χ1) is 13.9. The number of morpholine rings is 1. The van der Waals surface area contributed by atoms with Crippen LogP contribution in [0.1, 0.15) is 21.5 Å². The zero-order chi connectivity index (χ0) is 20.5. The van der Waals surface area contributed by atoms with Gasteiger partial charge in [-0.05, 0) is 37.1 Å². The van der Waals surface area contributed by atoms with Crippen molar-refractivity contribution in [3.63, 3.8) is 0 Å². The molecule has 1 amide bonds. The fourth-order valence-electron chi connectivity index (χ4n) is 3.46. The fraction of sp³-hybridized carbons (Fsp3) is 0.400. The predicted molar refractivity (Wildman–Crippen MR) is 122 cm³/mol. The number of aryl methyl sites for hydroxylation is 2. The Morgan fingerprint density at radius 3 is 2.66 bits per heavy atom. The molecular weight excluding hydrogens is 449 g/mol. The first-order valence-corrected chi connectivity index (χ1v) is 11.8. The molecule has 1 aliphatic rings. The van der Waals surface area contributed by atoms with Crippen molar-refractivity contribution < 1.29 is 9.53 Å². The van der Waals surface area contributed by atoms with E-state index in [9.17, 15) is 4.79 Å². The molecule has 5 nitrogen and oxygen atoms in total. The maximum absolute atomic E-state index is 13.4. The van der Waals surface area contributed by atoms with Crippen LogP contribution in [0, 0.1) is 13.8 Å². The molecule has 0 atom stereocenters. The van der Waals surface area contributed by atoms with Gasteiger partial charge in [-0.1, -0.05) is 40.6 Å². The third-order valence-corrected chi connectivity index (χ3v) is 7.63. The zero-order valence-electron chi connectivity index (χ0n) is 16.2. The van der Waals surface area contributed by atoms with Crippen LogP contribution in [0.4, 0.5) is 5.13 Å². The molecule has 2 aromatic heterocycles. The van der Waals surface area contributed by atoms with Crippen LogP contribution < -0.4 is 4.90 Å². The summed E-state index contributed by atoms with van der Waals surface area (Å²) in [6.07, 6.45) is 0. The summed E-state index contributed by atoms with van der Waals surface area (Å²) in [5.74, 6) is -0.167. The van der Waals surface area contributed by atoms with E-state index in [0.29, 0.717) is 25.9 Å². The lowest BCUT2D eigenvalue weighted by Gasteiger charge is -2.29. The van der Waals surface area contributed by atoms with Crippen molar-refractivity contribution in [1.82, 2.24) is 9.88 Å². The highest BCUT2D eigenvalue weighted by molar-refractivity contribution is 7.22. The van der Waals surface area contributed by atoms with Gasteiger partial charge in [-0.3, -0.25) is 14.6 Å². The van der Waals surface area contributed by atoms with E-state index in [0.717, 1.165) is 48.6 Å². The second-order valence-electron chi connectivity index (χ2n) is 7.08. The summed E-state index contributed by atoms with van der Waals surface area (Å²) in [6, 6.07) is 5.84. The predicted octanol–water partition coefficient (Wildman–Crippen LogP) is 5.26. The summed E-state index contributed by atoms with van der Waals surface area (Å²) in [5.41, 5.74) is 3.67. The number of ether oxygens (including phenoxy) is 1. The van der Waals surface area contributed by atoms with Gasteiger partial charge in [-0.2, -0.15) is 0 Å². The van der Waals surface area contributed by atoms with Gasteiger partial charge in [0.15, 0.2) is 5.13 Å². The molecule has 4 rings (SSSR count). The van der Waals surface area contributed by atoms with E-state index in [1.54, 1.807) is 22.3 Å². The van der Waals surface area contributed by atoms with E-state index < -0.39 is 0 Å². The molecule has 0 saturated carbocycles. The monoisotopic (exact) mass is 469 g/mol. The van der Waals surface area contributed by atoms with Crippen LogP contribution in [-0.4, -0.2) is 55.2 Å². The second-order valence-corrected chi connectivity index (χ2v) is 10.3. The van der Waals surface area contributed by atoms with Gasteiger partial charge in [0.05, 0.1) is 33.3 Å². The molecule has 1 fully saturated rings. The Morgan fingerprint density at radius 1 is 1.21 bits per heavy atom. The number of thiazole rings is 1.